The Morgan fingerprint density at radius 3 is 2.32 bits per heavy atom. The fourth-order valence-electron chi connectivity index (χ4n) is 3.19. The van der Waals surface area contributed by atoms with Crippen molar-refractivity contribution in [3.63, 3.8) is 0 Å². The summed E-state index contributed by atoms with van der Waals surface area (Å²) in [6.07, 6.45) is 3.39. The van der Waals surface area contributed by atoms with E-state index >= 15 is 0 Å². The summed E-state index contributed by atoms with van der Waals surface area (Å²) in [7, 11) is 2.15. The maximum Gasteiger partial charge on any atom is 0.251 e. The largest absolute Gasteiger partial charge is 0.494 e. The maximum absolute atomic E-state index is 12.3. The van der Waals surface area contributed by atoms with Crippen LogP contribution in [0.2, 0.25) is 0 Å². The summed E-state index contributed by atoms with van der Waals surface area (Å²) in [6, 6.07) is 15.2. The van der Waals surface area contributed by atoms with E-state index in [0.29, 0.717) is 24.8 Å². The second kappa shape index (κ2) is 10.1. The number of ether oxygens (including phenoxy) is 2. The van der Waals surface area contributed by atoms with Gasteiger partial charge in [-0.05, 0) is 68.3 Å². The predicted molar refractivity (Wildman–Crippen MR) is 111 cm³/mol. The summed E-state index contributed by atoms with van der Waals surface area (Å²) in [5.74, 6) is 1.60. The fraction of sp³-hybridized carbons (Fsp3) is 0.435. The van der Waals surface area contributed by atoms with Crippen molar-refractivity contribution in [3.05, 3.63) is 59.7 Å². The first kappa shape index (κ1) is 20.2. The SMILES string of the molecule is CCCOc1ccc(C(=O)NCc2ccc(OC3CCN(C)CC3)cc2)cc1. The average molecular weight is 383 g/mol. The van der Waals surface area contributed by atoms with Gasteiger partial charge in [0, 0.05) is 25.2 Å². The van der Waals surface area contributed by atoms with Gasteiger partial charge in [-0.1, -0.05) is 19.1 Å². The highest BCUT2D eigenvalue weighted by molar-refractivity contribution is 5.94. The van der Waals surface area contributed by atoms with Gasteiger partial charge in [0.15, 0.2) is 0 Å². The Kier molecular flexibility index (Phi) is 7.31. The van der Waals surface area contributed by atoms with Crippen LogP contribution in [0.4, 0.5) is 0 Å². The van der Waals surface area contributed by atoms with E-state index in [1.54, 1.807) is 12.1 Å². The number of amides is 1. The van der Waals surface area contributed by atoms with Gasteiger partial charge >= 0.3 is 0 Å². The Labute approximate surface area is 167 Å². The van der Waals surface area contributed by atoms with Crippen molar-refractivity contribution < 1.29 is 14.3 Å². The van der Waals surface area contributed by atoms with Crippen LogP contribution >= 0.6 is 0 Å². The third-order valence-electron chi connectivity index (χ3n) is 4.93. The summed E-state index contributed by atoms with van der Waals surface area (Å²) in [6.45, 7) is 5.40. The molecule has 0 saturated carbocycles. The number of hydrogen-bond acceptors (Lipinski definition) is 4. The number of carbonyl (C=O) groups excluding carboxylic acids is 1. The molecule has 1 amide bonds. The standard InChI is InChI=1S/C23H30N2O3/c1-3-16-27-20-10-6-19(7-11-20)23(26)24-17-18-4-8-21(9-5-18)28-22-12-14-25(2)15-13-22/h4-11,22H,3,12-17H2,1-2H3,(H,24,26). The zero-order valence-electron chi connectivity index (χ0n) is 16.8. The molecule has 1 N–H and O–H groups in total. The van der Waals surface area contributed by atoms with Crippen LogP contribution < -0.4 is 14.8 Å². The molecule has 1 saturated heterocycles. The quantitative estimate of drug-likeness (QED) is 0.753. The van der Waals surface area contributed by atoms with Crippen molar-refractivity contribution in [3.8, 4) is 11.5 Å². The summed E-state index contributed by atoms with van der Waals surface area (Å²) < 4.78 is 11.6. The molecule has 0 bridgehead atoms. The minimum atomic E-state index is -0.0892. The van der Waals surface area contributed by atoms with Gasteiger partial charge in [0.1, 0.15) is 17.6 Å². The number of nitrogens with zero attached hydrogens (tertiary/aromatic N) is 1. The van der Waals surface area contributed by atoms with Crippen LogP contribution in [0, 0.1) is 0 Å². The van der Waals surface area contributed by atoms with E-state index in [0.717, 1.165) is 49.4 Å². The highest BCUT2D eigenvalue weighted by atomic mass is 16.5. The van der Waals surface area contributed by atoms with E-state index in [1.165, 1.54) is 0 Å². The van der Waals surface area contributed by atoms with Gasteiger partial charge in [-0.3, -0.25) is 4.79 Å². The van der Waals surface area contributed by atoms with Crippen LogP contribution in [0.3, 0.4) is 0 Å². The first-order chi connectivity index (χ1) is 13.6. The minimum Gasteiger partial charge on any atom is -0.494 e. The lowest BCUT2D eigenvalue weighted by atomic mass is 10.1. The molecule has 0 aromatic heterocycles. The molecule has 0 unspecified atom stereocenters. The lowest BCUT2D eigenvalue weighted by molar-refractivity contribution is 0.0951. The van der Waals surface area contributed by atoms with E-state index in [1.807, 2.05) is 36.4 Å². The molecule has 1 fully saturated rings. The van der Waals surface area contributed by atoms with Gasteiger partial charge < -0.3 is 19.7 Å². The highest BCUT2D eigenvalue weighted by Gasteiger charge is 2.17. The van der Waals surface area contributed by atoms with Gasteiger partial charge in [0.05, 0.1) is 6.61 Å². The number of rotatable bonds is 8. The van der Waals surface area contributed by atoms with E-state index in [9.17, 15) is 4.79 Å². The van der Waals surface area contributed by atoms with Gasteiger partial charge in [0.2, 0.25) is 0 Å². The third kappa shape index (κ3) is 5.99. The number of likely N-dealkylation sites (tertiary alicyclic amines) is 1. The molecule has 1 aliphatic heterocycles. The first-order valence-electron chi connectivity index (χ1n) is 10.1. The van der Waals surface area contributed by atoms with E-state index < -0.39 is 0 Å². The molecule has 28 heavy (non-hydrogen) atoms. The zero-order chi connectivity index (χ0) is 19.8. The molecule has 150 valence electrons. The molecule has 2 aromatic rings. The molecule has 0 radical (unpaired) electrons. The Morgan fingerprint density at radius 2 is 1.68 bits per heavy atom. The molecule has 3 rings (SSSR count). The molecular formula is C23H30N2O3. The second-order valence-corrected chi connectivity index (χ2v) is 7.32. The Hall–Kier alpha value is -2.53. The topological polar surface area (TPSA) is 50.8 Å². The fourth-order valence-corrected chi connectivity index (χ4v) is 3.19. The lowest BCUT2D eigenvalue weighted by Gasteiger charge is -2.29. The van der Waals surface area contributed by atoms with Crippen molar-refractivity contribution in [2.45, 2.75) is 38.8 Å². The van der Waals surface area contributed by atoms with Crippen LogP contribution in [-0.4, -0.2) is 43.7 Å². The molecule has 0 spiro atoms. The molecule has 0 atom stereocenters. The van der Waals surface area contributed by atoms with Crippen molar-refractivity contribution in [2.75, 3.05) is 26.7 Å². The minimum absolute atomic E-state index is 0.0892. The summed E-state index contributed by atoms with van der Waals surface area (Å²) in [5, 5.41) is 2.96. The summed E-state index contributed by atoms with van der Waals surface area (Å²) in [5.41, 5.74) is 1.68. The highest BCUT2D eigenvalue weighted by Crippen LogP contribution is 2.19. The van der Waals surface area contributed by atoms with Gasteiger partial charge in [0.25, 0.3) is 5.91 Å². The second-order valence-electron chi connectivity index (χ2n) is 7.32. The predicted octanol–water partition coefficient (Wildman–Crippen LogP) is 3.88. The zero-order valence-corrected chi connectivity index (χ0v) is 16.8. The molecule has 2 aromatic carbocycles. The number of carbonyl (C=O) groups is 1. The number of nitrogens with one attached hydrogen (secondary N) is 1. The normalized spacial score (nSPS) is 15.2. The number of piperidine rings is 1. The van der Waals surface area contributed by atoms with Crippen LogP contribution in [0.1, 0.15) is 42.1 Å². The summed E-state index contributed by atoms with van der Waals surface area (Å²) in [4.78, 5) is 14.6. The van der Waals surface area contributed by atoms with Gasteiger partial charge in [-0.15, -0.1) is 0 Å². The van der Waals surface area contributed by atoms with E-state index in [4.69, 9.17) is 9.47 Å². The Balaban J connectivity index is 1.45. The summed E-state index contributed by atoms with van der Waals surface area (Å²) >= 11 is 0. The smallest absolute Gasteiger partial charge is 0.251 e. The maximum atomic E-state index is 12.3. The van der Waals surface area contributed by atoms with Crippen LogP contribution in [0.15, 0.2) is 48.5 Å². The Bertz CT molecular complexity index is 735. The molecule has 0 aliphatic carbocycles. The van der Waals surface area contributed by atoms with Gasteiger partial charge in [-0.25, -0.2) is 0 Å². The molecule has 5 heteroatoms. The van der Waals surface area contributed by atoms with Crippen molar-refractivity contribution >= 4 is 5.91 Å². The number of hydrogen-bond donors (Lipinski definition) is 1. The Morgan fingerprint density at radius 1 is 1.04 bits per heavy atom. The van der Waals surface area contributed by atoms with Crippen LogP contribution in [0.5, 0.6) is 11.5 Å². The monoisotopic (exact) mass is 382 g/mol. The van der Waals surface area contributed by atoms with E-state index in [2.05, 4.69) is 24.2 Å². The average Bonchev–Trinajstić information content (AvgIpc) is 2.73. The van der Waals surface area contributed by atoms with Crippen molar-refractivity contribution in [2.24, 2.45) is 0 Å². The number of benzene rings is 2. The molecular weight excluding hydrogens is 352 g/mol. The third-order valence-corrected chi connectivity index (χ3v) is 4.93. The van der Waals surface area contributed by atoms with E-state index in [-0.39, 0.29) is 5.91 Å². The van der Waals surface area contributed by atoms with Crippen molar-refractivity contribution in [1.82, 2.24) is 10.2 Å². The first-order valence-corrected chi connectivity index (χ1v) is 10.1. The lowest BCUT2D eigenvalue weighted by Crippen LogP contribution is -2.35. The van der Waals surface area contributed by atoms with Crippen LogP contribution in [0.25, 0.3) is 0 Å². The molecule has 1 aliphatic rings. The van der Waals surface area contributed by atoms with Gasteiger partial charge in [-0.2, -0.15) is 0 Å². The van der Waals surface area contributed by atoms with Crippen molar-refractivity contribution in [1.29, 1.82) is 0 Å². The van der Waals surface area contributed by atoms with Crippen LogP contribution in [-0.2, 0) is 6.54 Å². The molecule has 5 nitrogen and oxygen atoms in total. The molecule has 1 heterocycles.